The number of rotatable bonds is 8. The van der Waals surface area contributed by atoms with Gasteiger partial charge in [0.25, 0.3) is 0 Å². The van der Waals surface area contributed by atoms with Crippen molar-refractivity contribution in [2.75, 3.05) is 27.3 Å². The first-order valence-electron chi connectivity index (χ1n) is 6.42. The summed E-state index contributed by atoms with van der Waals surface area (Å²) in [6.45, 7) is 6.53. The van der Waals surface area contributed by atoms with Crippen LogP contribution in [-0.4, -0.2) is 47.4 Å². The second-order valence-electron chi connectivity index (χ2n) is 4.79. The van der Waals surface area contributed by atoms with Gasteiger partial charge in [0.1, 0.15) is 0 Å². The minimum atomic E-state index is 0.0247. The van der Waals surface area contributed by atoms with E-state index in [-0.39, 0.29) is 5.38 Å². The lowest BCUT2D eigenvalue weighted by Crippen LogP contribution is -2.28. The van der Waals surface area contributed by atoms with Crippen LogP contribution in [0.15, 0.2) is 12.3 Å². The molecule has 2 atom stereocenters. The largest absolute Gasteiger partial charge is 0.383 e. The number of hydrogen-bond donors (Lipinski definition) is 0. The Balaban J connectivity index is 2.44. The van der Waals surface area contributed by atoms with Crippen LogP contribution >= 0.6 is 11.6 Å². The lowest BCUT2D eigenvalue weighted by Gasteiger charge is -2.18. The van der Waals surface area contributed by atoms with Gasteiger partial charge in [-0.15, -0.1) is 11.6 Å². The van der Waals surface area contributed by atoms with Crippen molar-refractivity contribution in [2.45, 2.75) is 38.2 Å². The first kappa shape index (κ1) is 15.5. The maximum Gasteiger partial charge on any atom is 0.0764 e. The molecular formula is C13H24ClN3O. The molecule has 0 spiro atoms. The molecule has 1 aromatic heterocycles. The quantitative estimate of drug-likeness (QED) is 0.682. The van der Waals surface area contributed by atoms with Gasteiger partial charge >= 0.3 is 0 Å². The summed E-state index contributed by atoms with van der Waals surface area (Å²) in [5.74, 6) is 0. The number of halogens is 1. The zero-order valence-electron chi connectivity index (χ0n) is 11.8. The molecule has 2 unspecified atom stereocenters. The van der Waals surface area contributed by atoms with Crippen molar-refractivity contribution in [3.63, 3.8) is 0 Å². The topological polar surface area (TPSA) is 30.3 Å². The third-order valence-electron chi connectivity index (χ3n) is 3.00. The van der Waals surface area contributed by atoms with Crippen molar-refractivity contribution in [1.29, 1.82) is 0 Å². The Labute approximate surface area is 115 Å². The predicted molar refractivity (Wildman–Crippen MR) is 75.1 cm³/mol. The van der Waals surface area contributed by atoms with Crippen LogP contribution in [0, 0.1) is 0 Å². The fraction of sp³-hybridized carbons (Fsp3) is 0.769. The van der Waals surface area contributed by atoms with Crippen molar-refractivity contribution in [3.05, 3.63) is 18.0 Å². The second kappa shape index (κ2) is 7.77. The number of aromatic nitrogens is 2. The van der Waals surface area contributed by atoms with E-state index in [0.717, 1.165) is 25.2 Å². The molecule has 5 heteroatoms. The smallest absolute Gasteiger partial charge is 0.0764 e. The van der Waals surface area contributed by atoms with E-state index in [9.17, 15) is 0 Å². The van der Waals surface area contributed by atoms with Gasteiger partial charge in [0.05, 0.1) is 17.7 Å². The van der Waals surface area contributed by atoms with Crippen molar-refractivity contribution < 1.29 is 4.74 Å². The zero-order chi connectivity index (χ0) is 13.5. The second-order valence-corrected chi connectivity index (χ2v) is 5.41. The fourth-order valence-corrected chi connectivity index (χ4v) is 2.17. The van der Waals surface area contributed by atoms with Crippen molar-refractivity contribution in [2.24, 2.45) is 0 Å². The Kier molecular flexibility index (Phi) is 6.68. The highest BCUT2D eigenvalue weighted by molar-refractivity contribution is 6.20. The van der Waals surface area contributed by atoms with Crippen LogP contribution < -0.4 is 0 Å². The lowest BCUT2D eigenvalue weighted by atomic mass is 10.3. The van der Waals surface area contributed by atoms with Gasteiger partial charge in [-0.2, -0.15) is 5.10 Å². The van der Waals surface area contributed by atoms with Crippen LogP contribution in [0.4, 0.5) is 0 Å². The third kappa shape index (κ3) is 4.96. The van der Waals surface area contributed by atoms with Crippen molar-refractivity contribution in [3.8, 4) is 0 Å². The molecule has 104 valence electrons. The highest BCUT2D eigenvalue weighted by atomic mass is 35.5. The number of ether oxygens (including phenoxy) is 1. The molecule has 0 N–H and O–H groups in total. The molecule has 0 saturated carbocycles. The fourth-order valence-electron chi connectivity index (χ4n) is 1.81. The van der Waals surface area contributed by atoms with E-state index >= 15 is 0 Å². The Morgan fingerprint density at radius 3 is 2.89 bits per heavy atom. The van der Waals surface area contributed by atoms with Crippen molar-refractivity contribution >= 4 is 11.6 Å². The molecule has 18 heavy (non-hydrogen) atoms. The summed E-state index contributed by atoms with van der Waals surface area (Å²) < 4.78 is 7.05. The number of alkyl halides is 1. The third-order valence-corrected chi connectivity index (χ3v) is 3.26. The standard InChI is InChI=1S/C13H24ClN3O/c1-5-11(2)17-7-6-13(15-17)9-16(3)8-12(14)10-18-4/h6-7,11-12H,5,8-10H2,1-4H3. The summed E-state index contributed by atoms with van der Waals surface area (Å²) in [6, 6.07) is 2.53. The molecule has 1 rings (SSSR count). The maximum absolute atomic E-state index is 6.13. The average Bonchev–Trinajstić information content (AvgIpc) is 2.76. The highest BCUT2D eigenvalue weighted by Gasteiger charge is 2.10. The van der Waals surface area contributed by atoms with Crippen LogP contribution in [0.3, 0.4) is 0 Å². The van der Waals surface area contributed by atoms with Gasteiger partial charge in [-0.25, -0.2) is 0 Å². The molecule has 0 aromatic carbocycles. The first-order chi connectivity index (χ1) is 8.56. The predicted octanol–water partition coefficient (Wildman–Crippen LogP) is 2.54. The number of nitrogens with zero attached hydrogens (tertiary/aromatic N) is 3. The summed E-state index contributed by atoms with van der Waals surface area (Å²) in [4.78, 5) is 2.17. The van der Waals surface area contributed by atoms with E-state index in [1.807, 2.05) is 17.9 Å². The first-order valence-corrected chi connectivity index (χ1v) is 6.86. The Bertz CT molecular complexity index is 343. The van der Waals surface area contributed by atoms with Crippen LogP contribution in [0.1, 0.15) is 32.0 Å². The Hall–Kier alpha value is -0.580. The molecule has 0 saturated heterocycles. The van der Waals surface area contributed by atoms with E-state index < -0.39 is 0 Å². The van der Waals surface area contributed by atoms with Gasteiger partial charge in [-0.1, -0.05) is 6.92 Å². The van der Waals surface area contributed by atoms with E-state index in [1.54, 1.807) is 7.11 Å². The van der Waals surface area contributed by atoms with E-state index in [1.165, 1.54) is 0 Å². The molecule has 0 aliphatic carbocycles. The van der Waals surface area contributed by atoms with Crippen LogP contribution in [0.25, 0.3) is 0 Å². The number of hydrogen-bond acceptors (Lipinski definition) is 3. The molecule has 1 heterocycles. The summed E-state index contributed by atoms with van der Waals surface area (Å²) in [5.41, 5.74) is 1.08. The van der Waals surface area contributed by atoms with Crippen LogP contribution in [0.2, 0.25) is 0 Å². The highest BCUT2D eigenvalue weighted by Crippen LogP contribution is 2.10. The SMILES string of the molecule is CCC(C)n1ccc(CN(C)CC(Cl)COC)n1. The Morgan fingerprint density at radius 2 is 2.28 bits per heavy atom. The summed E-state index contributed by atoms with van der Waals surface area (Å²) in [7, 11) is 3.72. The molecule has 0 fully saturated rings. The molecular weight excluding hydrogens is 250 g/mol. The lowest BCUT2D eigenvalue weighted by molar-refractivity contribution is 0.181. The molecule has 0 aliphatic heterocycles. The zero-order valence-corrected chi connectivity index (χ0v) is 12.5. The summed E-state index contributed by atoms with van der Waals surface area (Å²) in [5, 5.41) is 4.60. The normalized spacial score (nSPS) is 15.0. The maximum atomic E-state index is 6.13. The van der Waals surface area contributed by atoms with Gasteiger partial charge in [0.2, 0.25) is 0 Å². The summed E-state index contributed by atoms with van der Waals surface area (Å²) >= 11 is 6.13. The van der Waals surface area contributed by atoms with E-state index in [2.05, 4.69) is 29.9 Å². The molecule has 0 radical (unpaired) electrons. The summed E-state index contributed by atoms with van der Waals surface area (Å²) in [6.07, 6.45) is 3.14. The Morgan fingerprint density at radius 1 is 1.56 bits per heavy atom. The van der Waals surface area contributed by atoms with Gasteiger partial charge in [-0.3, -0.25) is 9.58 Å². The van der Waals surface area contributed by atoms with Crippen LogP contribution in [0.5, 0.6) is 0 Å². The molecule has 4 nitrogen and oxygen atoms in total. The van der Waals surface area contributed by atoms with E-state index in [4.69, 9.17) is 16.3 Å². The van der Waals surface area contributed by atoms with Gasteiger partial charge < -0.3 is 4.74 Å². The minimum Gasteiger partial charge on any atom is -0.383 e. The van der Waals surface area contributed by atoms with Crippen LogP contribution in [-0.2, 0) is 11.3 Å². The van der Waals surface area contributed by atoms with E-state index in [0.29, 0.717) is 12.6 Å². The molecule has 0 aliphatic rings. The van der Waals surface area contributed by atoms with Gasteiger partial charge in [0.15, 0.2) is 0 Å². The number of methoxy groups -OCH3 is 1. The molecule has 0 amide bonds. The molecule has 0 bridgehead atoms. The van der Waals surface area contributed by atoms with Gasteiger partial charge in [0, 0.05) is 32.4 Å². The molecule has 1 aromatic rings. The van der Waals surface area contributed by atoms with Gasteiger partial charge in [-0.05, 0) is 26.5 Å². The monoisotopic (exact) mass is 273 g/mol. The average molecular weight is 274 g/mol. The van der Waals surface area contributed by atoms with Crippen molar-refractivity contribution in [1.82, 2.24) is 14.7 Å². The minimum absolute atomic E-state index is 0.0247.